The molecule has 0 N–H and O–H groups in total. The second-order valence-electron chi connectivity index (χ2n) is 8.86. The van der Waals surface area contributed by atoms with Gasteiger partial charge in [-0.15, -0.1) is 0 Å². The van der Waals surface area contributed by atoms with Gasteiger partial charge in [0, 0.05) is 0 Å². The van der Waals surface area contributed by atoms with E-state index in [1.165, 1.54) is 24.0 Å². The highest BCUT2D eigenvalue weighted by molar-refractivity contribution is 7.07. The fourth-order valence-corrected chi connectivity index (χ4v) is 4.92. The summed E-state index contributed by atoms with van der Waals surface area (Å²) in [6, 6.07) is 17.2. The molecule has 2 heterocycles. The smallest absolute Gasteiger partial charge is 0.338 e. The Morgan fingerprint density at radius 3 is 2.34 bits per heavy atom. The maximum atomic E-state index is 13.5. The third-order valence-electron chi connectivity index (χ3n) is 5.62. The van der Waals surface area contributed by atoms with Gasteiger partial charge in [-0.2, -0.15) is 0 Å². The number of ether oxygens (including phenoxy) is 1. The first kappa shape index (κ1) is 22.0. The van der Waals surface area contributed by atoms with Crippen LogP contribution in [0.15, 0.2) is 75.7 Å². The van der Waals surface area contributed by atoms with Crippen LogP contribution in [0.3, 0.4) is 0 Å². The summed E-state index contributed by atoms with van der Waals surface area (Å²) in [5, 5.41) is 0. The van der Waals surface area contributed by atoms with Crippen LogP contribution in [-0.2, 0) is 14.9 Å². The van der Waals surface area contributed by atoms with Crippen molar-refractivity contribution in [2.45, 2.75) is 39.2 Å². The average molecular weight is 447 g/mol. The van der Waals surface area contributed by atoms with Crippen LogP contribution >= 0.6 is 11.3 Å². The molecular weight excluding hydrogens is 420 g/mol. The number of methoxy groups -OCH3 is 1. The van der Waals surface area contributed by atoms with Crippen molar-refractivity contribution < 1.29 is 9.53 Å². The van der Waals surface area contributed by atoms with Gasteiger partial charge in [0.25, 0.3) is 5.56 Å². The molecule has 1 aromatic heterocycles. The lowest BCUT2D eigenvalue weighted by Gasteiger charge is -2.24. The highest BCUT2D eigenvalue weighted by Gasteiger charge is 2.32. The summed E-state index contributed by atoms with van der Waals surface area (Å²) in [5.41, 5.74) is 3.86. The zero-order valence-electron chi connectivity index (χ0n) is 18.9. The third-order valence-corrected chi connectivity index (χ3v) is 6.60. The van der Waals surface area contributed by atoms with Crippen LogP contribution in [0.2, 0.25) is 0 Å². The number of nitrogens with zero attached hydrogens (tertiary/aromatic N) is 2. The van der Waals surface area contributed by atoms with Gasteiger partial charge in [0.15, 0.2) is 4.80 Å². The van der Waals surface area contributed by atoms with Crippen molar-refractivity contribution in [2.75, 3.05) is 7.11 Å². The number of hydrogen-bond donors (Lipinski definition) is 0. The second-order valence-corrected chi connectivity index (χ2v) is 9.87. The standard InChI is InChI=1S/C26H26N2O3S/c1-16-21(24(30)31-5)22(18-9-7-6-8-10-18)28-23(29)20(32-25(28)27-16)15-17-11-13-19(14-12-17)26(2,3)4/h6-15,22H,1-5H3. The van der Waals surface area contributed by atoms with Crippen LogP contribution in [0.1, 0.15) is 50.4 Å². The van der Waals surface area contributed by atoms with Crippen molar-refractivity contribution in [1.29, 1.82) is 0 Å². The maximum absolute atomic E-state index is 13.5. The molecule has 1 atom stereocenters. The van der Waals surface area contributed by atoms with Gasteiger partial charge >= 0.3 is 5.97 Å². The Morgan fingerprint density at radius 2 is 1.75 bits per heavy atom. The largest absolute Gasteiger partial charge is 0.466 e. The molecule has 1 unspecified atom stereocenters. The molecular formula is C26H26N2O3S. The van der Waals surface area contributed by atoms with Crippen LogP contribution < -0.4 is 14.9 Å². The first-order valence-corrected chi connectivity index (χ1v) is 11.3. The highest BCUT2D eigenvalue weighted by atomic mass is 32.1. The first-order chi connectivity index (χ1) is 15.2. The van der Waals surface area contributed by atoms with Crippen LogP contribution in [0.4, 0.5) is 0 Å². The zero-order valence-corrected chi connectivity index (χ0v) is 19.7. The van der Waals surface area contributed by atoms with E-state index < -0.39 is 12.0 Å². The quantitative estimate of drug-likeness (QED) is 0.577. The number of allylic oxidation sites excluding steroid dienone is 1. The highest BCUT2D eigenvalue weighted by Crippen LogP contribution is 2.30. The molecule has 0 saturated heterocycles. The lowest BCUT2D eigenvalue weighted by Crippen LogP contribution is -2.39. The molecule has 32 heavy (non-hydrogen) atoms. The van der Waals surface area contributed by atoms with Crippen molar-refractivity contribution in [1.82, 2.24) is 4.57 Å². The number of fused-ring (bicyclic) bond motifs is 1. The van der Waals surface area contributed by atoms with Gasteiger partial charge in [0.05, 0.1) is 29.0 Å². The summed E-state index contributed by atoms with van der Waals surface area (Å²) in [7, 11) is 1.34. The number of carbonyl (C=O) groups excluding carboxylic acids is 1. The van der Waals surface area contributed by atoms with E-state index in [0.717, 1.165) is 11.1 Å². The fraction of sp³-hybridized carbons (Fsp3) is 0.269. The van der Waals surface area contributed by atoms with E-state index in [0.29, 0.717) is 20.6 Å². The van der Waals surface area contributed by atoms with Crippen molar-refractivity contribution >= 4 is 23.4 Å². The van der Waals surface area contributed by atoms with Gasteiger partial charge in [-0.3, -0.25) is 9.36 Å². The number of aromatic nitrogens is 1. The lowest BCUT2D eigenvalue weighted by molar-refractivity contribution is -0.136. The first-order valence-electron chi connectivity index (χ1n) is 10.5. The molecule has 6 heteroatoms. The Balaban J connectivity index is 1.89. The Hall–Kier alpha value is -3.25. The van der Waals surface area contributed by atoms with Gasteiger partial charge in [0.1, 0.15) is 0 Å². The molecule has 164 valence electrons. The summed E-state index contributed by atoms with van der Waals surface area (Å²) in [5.74, 6) is -0.479. The van der Waals surface area contributed by atoms with Crippen molar-refractivity contribution in [2.24, 2.45) is 4.99 Å². The Morgan fingerprint density at radius 1 is 1.09 bits per heavy atom. The van der Waals surface area contributed by atoms with Crippen molar-refractivity contribution in [3.8, 4) is 0 Å². The number of carbonyl (C=O) groups is 1. The van der Waals surface area contributed by atoms with Crippen molar-refractivity contribution in [3.05, 3.63) is 102 Å². The molecule has 0 aliphatic carbocycles. The predicted molar refractivity (Wildman–Crippen MR) is 127 cm³/mol. The molecule has 0 fully saturated rings. The van der Waals surface area contributed by atoms with Crippen molar-refractivity contribution in [3.63, 3.8) is 0 Å². The third kappa shape index (κ3) is 3.98. The summed E-state index contributed by atoms with van der Waals surface area (Å²) >= 11 is 1.33. The normalized spacial score (nSPS) is 16.5. The minimum Gasteiger partial charge on any atom is -0.466 e. The maximum Gasteiger partial charge on any atom is 0.338 e. The number of esters is 1. The van der Waals surface area contributed by atoms with Gasteiger partial charge in [-0.05, 0) is 35.1 Å². The minimum absolute atomic E-state index is 0.0648. The molecule has 5 nitrogen and oxygen atoms in total. The van der Waals surface area contributed by atoms with E-state index in [1.807, 2.05) is 48.5 Å². The molecule has 4 rings (SSSR count). The Bertz CT molecular complexity index is 1370. The fourth-order valence-electron chi connectivity index (χ4n) is 3.87. The summed E-state index contributed by atoms with van der Waals surface area (Å²) in [4.78, 5) is 31.3. The van der Waals surface area contributed by atoms with Gasteiger partial charge in [0.2, 0.25) is 0 Å². The zero-order chi connectivity index (χ0) is 23.0. The van der Waals surface area contributed by atoms with E-state index in [2.05, 4.69) is 37.9 Å². The van der Waals surface area contributed by atoms with Crippen LogP contribution in [-0.4, -0.2) is 17.6 Å². The number of benzene rings is 2. The lowest BCUT2D eigenvalue weighted by atomic mass is 9.87. The van der Waals surface area contributed by atoms with E-state index >= 15 is 0 Å². The Labute approximate surface area is 191 Å². The molecule has 0 amide bonds. The molecule has 0 saturated carbocycles. The van der Waals surface area contributed by atoms with E-state index in [9.17, 15) is 9.59 Å². The molecule has 0 radical (unpaired) electrons. The van der Waals surface area contributed by atoms with E-state index in [1.54, 1.807) is 11.5 Å². The van der Waals surface area contributed by atoms with Gasteiger partial charge in [-0.1, -0.05) is 86.7 Å². The van der Waals surface area contributed by atoms with Crippen LogP contribution in [0.25, 0.3) is 6.08 Å². The number of rotatable bonds is 3. The van der Waals surface area contributed by atoms with E-state index in [4.69, 9.17) is 4.74 Å². The molecule has 1 aliphatic heterocycles. The number of thiazole rings is 1. The molecule has 1 aliphatic rings. The van der Waals surface area contributed by atoms with Crippen LogP contribution in [0, 0.1) is 0 Å². The van der Waals surface area contributed by atoms with Gasteiger partial charge in [-0.25, -0.2) is 9.79 Å². The number of hydrogen-bond acceptors (Lipinski definition) is 5. The summed E-state index contributed by atoms with van der Waals surface area (Å²) < 4.78 is 7.21. The Kier molecular flexibility index (Phi) is 5.73. The van der Waals surface area contributed by atoms with E-state index in [-0.39, 0.29) is 11.0 Å². The SMILES string of the molecule is COC(=O)C1=C(C)N=c2sc(=Cc3ccc(C(C)(C)C)cc3)c(=O)n2C1c1ccccc1. The minimum atomic E-state index is -0.578. The monoisotopic (exact) mass is 446 g/mol. The topological polar surface area (TPSA) is 60.7 Å². The molecule has 2 aromatic carbocycles. The summed E-state index contributed by atoms with van der Waals surface area (Å²) in [6.45, 7) is 8.30. The predicted octanol–water partition coefficient (Wildman–Crippen LogP) is 3.71. The molecule has 0 bridgehead atoms. The molecule has 3 aromatic rings. The average Bonchev–Trinajstić information content (AvgIpc) is 3.07. The molecule has 0 spiro atoms. The van der Waals surface area contributed by atoms with Crippen LogP contribution in [0.5, 0.6) is 0 Å². The van der Waals surface area contributed by atoms with Gasteiger partial charge < -0.3 is 4.74 Å². The summed E-state index contributed by atoms with van der Waals surface area (Å²) in [6.07, 6.45) is 1.88. The second kappa shape index (κ2) is 8.36.